The summed E-state index contributed by atoms with van der Waals surface area (Å²) < 4.78 is 3.15. The van der Waals surface area contributed by atoms with Crippen LogP contribution in [0.25, 0.3) is 11.3 Å². The van der Waals surface area contributed by atoms with Crippen molar-refractivity contribution in [2.45, 2.75) is 6.42 Å². The molecule has 3 aromatic rings. The van der Waals surface area contributed by atoms with Gasteiger partial charge in [0.2, 0.25) is 5.95 Å². The molecular formula is C17H17BrN4. The van der Waals surface area contributed by atoms with Gasteiger partial charge in [-0.05, 0) is 29.8 Å². The predicted octanol–water partition coefficient (Wildman–Crippen LogP) is 3.90. The Kier molecular flexibility index (Phi) is 4.53. The summed E-state index contributed by atoms with van der Waals surface area (Å²) in [6.07, 6.45) is 4.59. The topological polar surface area (TPSA) is 42.7 Å². The highest BCUT2D eigenvalue weighted by molar-refractivity contribution is 9.10. The predicted molar refractivity (Wildman–Crippen MR) is 92.8 cm³/mol. The Labute approximate surface area is 138 Å². The van der Waals surface area contributed by atoms with Crippen LogP contribution in [0.15, 0.2) is 59.3 Å². The Bertz CT molecular complexity index is 735. The van der Waals surface area contributed by atoms with Crippen molar-refractivity contribution in [2.24, 2.45) is 7.05 Å². The van der Waals surface area contributed by atoms with Gasteiger partial charge >= 0.3 is 0 Å². The van der Waals surface area contributed by atoms with Crippen molar-refractivity contribution in [3.63, 3.8) is 0 Å². The monoisotopic (exact) mass is 356 g/mol. The van der Waals surface area contributed by atoms with E-state index in [9.17, 15) is 0 Å². The van der Waals surface area contributed by atoms with Crippen molar-refractivity contribution in [1.82, 2.24) is 14.5 Å². The van der Waals surface area contributed by atoms with Gasteiger partial charge in [0.05, 0.1) is 11.9 Å². The summed E-state index contributed by atoms with van der Waals surface area (Å²) >= 11 is 3.46. The molecule has 0 unspecified atom stereocenters. The third-order valence-corrected chi connectivity index (χ3v) is 4.05. The Morgan fingerprint density at radius 2 is 1.91 bits per heavy atom. The van der Waals surface area contributed by atoms with Gasteiger partial charge in [0.25, 0.3) is 0 Å². The van der Waals surface area contributed by atoms with Crippen molar-refractivity contribution in [1.29, 1.82) is 0 Å². The van der Waals surface area contributed by atoms with Gasteiger partial charge in [0.1, 0.15) is 0 Å². The van der Waals surface area contributed by atoms with Gasteiger partial charge in [-0.1, -0.05) is 34.1 Å². The van der Waals surface area contributed by atoms with Crippen LogP contribution in [-0.2, 0) is 13.5 Å². The fourth-order valence-electron chi connectivity index (χ4n) is 2.31. The lowest BCUT2D eigenvalue weighted by Crippen LogP contribution is -2.10. The van der Waals surface area contributed by atoms with Crippen LogP contribution in [0.1, 0.15) is 5.69 Å². The molecule has 3 rings (SSSR count). The molecule has 0 bridgehead atoms. The number of benzene rings is 1. The third-order valence-electron chi connectivity index (χ3n) is 3.52. The number of halogens is 1. The third kappa shape index (κ3) is 3.36. The zero-order chi connectivity index (χ0) is 15.4. The number of hydrogen-bond donors (Lipinski definition) is 1. The van der Waals surface area contributed by atoms with Crippen molar-refractivity contribution >= 4 is 21.9 Å². The van der Waals surface area contributed by atoms with E-state index in [0.717, 1.165) is 40.3 Å². The second-order valence-corrected chi connectivity index (χ2v) is 5.95. The van der Waals surface area contributed by atoms with Crippen molar-refractivity contribution in [3.05, 3.63) is 65.0 Å². The normalized spacial score (nSPS) is 10.6. The van der Waals surface area contributed by atoms with Crippen LogP contribution in [0.3, 0.4) is 0 Å². The molecule has 112 valence electrons. The zero-order valence-corrected chi connectivity index (χ0v) is 13.9. The maximum absolute atomic E-state index is 4.47. The van der Waals surface area contributed by atoms with Gasteiger partial charge in [0.15, 0.2) is 0 Å². The number of nitrogens with one attached hydrogen (secondary N) is 1. The molecule has 0 radical (unpaired) electrons. The highest BCUT2D eigenvalue weighted by atomic mass is 79.9. The maximum atomic E-state index is 4.47. The summed E-state index contributed by atoms with van der Waals surface area (Å²) in [6, 6.07) is 14.2. The lowest BCUT2D eigenvalue weighted by molar-refractivity contribution is 0.884. The maximum Gasteiger partial charge on any atom is 0.203 e. The van der Waals surface area contributed by atoms with Crippen LogP contribution in [0.2, 0.25) is 0 Å². The molecule has 2 heterocycles. The Morgan fingerprint density at radius 1 is 1.09 bits per heavy atom. The number of rotatable bonds is 5. The van der Waals surface area contributed by atoms with Crippen LogP contribution < -0.4 is 5.32 Å². The Morgan fingerprint density at radius 3 is 2.64 bits per heavy atom. The first kappa shape index (κ1) is 14.8. The minimum Gasteiger partial charge on any atom is -0.355 e. The van der Waals surface area contributed by atoms with E-state index >= 15 is 0 Å². The molecule has 22 heavy (non-hydrogen) atoms. The van der Waals surface area contributed by atoms with Crippen LogP contribution in [0.5, 0.6) is 0 Å². The van der Waals surface area contributed by atoms with Crippen LogP contribution in [-0.4, -0.2) is 21.1 Å². The number of anilines is 1. The molecule has 1 aromatic carbocycles. The molecule has 0 aliphatic rings. The van der Waals surface area contributed by atoms with Gasteiger partial charge < -0.3 is 9.88 Å². The first-order valence-electron chi connectivity index (χ1n) is 7.15. The molecule has 0 saturated heterocycles. The standard InChI is InChI=1S/C17H17BrN4/c1-22-16(13-5-7-14(18)8-6-13)12-21-17(22)20-11-9-15-4-2-3-10-19-15/h2-8,10,12H,9,11H2,1H3,(H,20,21). The van der Waals surface area contributed by atoms with Gasteiger partial charge in [-0.3, -0.25) is 4.98 Å². The van der Waals surface area contributed by atoms with E-state index in [1.54, 1.807) is 0 Å². The number of nitrogens with zero attached hydrogens (tertiary/aromatic N) is 3. The van der Waals surface area contributed by atoms with E-state index < -0.39 is 0 Å². The molecule has 0 atom stereocenters. The summed E-state index contributed by atoms with van der Waals surface area (Å²) in [6.45, 7) is 0.807. The van der Waals surface area contributed by atoms with Crippen LogP contribution in [0.4, 0.5) is 5.95 Å². The number of hydrogen-bond acceptors (Lipinski definition) is 3. The summed E-state index contributed by atoms with van der Waals surface area (Å²) in [7, 11) is 2.02. The quantitative estimate of drug-likeness (QED) is 0.753. The van der Waals surface area contributed by atoms with Gasteiger partial charge in [-0.15, -0.1) is 0 Å². The van der Waals surface area contributed by atoms with Crippen molar-refractivity contribution in [2.75, 3.05) is 11.9 Å². The highest BCUT2D eigenvalue weighted by Gasteiger charge is 2.08. The molecule has 0 amide bonds. The average Bonchev–Trinajstić information content (AvgIpc) is 2.90. The molecule has 1 N–H and O–H groups in total. The number of pyridine rings is 1. The molecule has 0 spiro atoms. The van der Waals surface area contributed by atoms with Crippen LogP contribution >= 0.6 is 15.9 Å². The minimum absolute atomic E-state index is 0.807. The molecular weight excluding hydrogens is 340 g/mol. The minimum atomic E-state index is 0.807. The van der Waals surface area contributed by atoms with E-state index in [1.165, 1.54) is 0 Å². The molecule has 0 aliphatic heterocycles. The van der Waals surface area contributed by atoms with Crippen molar-refractivity contribution < 1.29 is 0 Å². The summed E-state index contributed by atoms with van der Waals surface area (Å²) in [4.78, 5) is 8.79. The smallest absolute Gasteiger partial charge is 0.203 e. The largest absolute Gasteiger partial charge is 0.355 e. The summed E-state index contributed by atoms with van der Waals surface area (Å²) in [5.74, 6) is 0.869. The first-order valence-corrected chi connectivity index (χ1v) is 7.95. The van der Waals surface area contributed by atoms with Gasteiger partial charge in [-0.25, -0.2) is 4.98 Å². The number of aromatic nitrogens is 3. The van der Waals surface area contributed by atoms with Crippen LogP contribution in [0, 0.1) is 0 Å². The lowest BCUT2D eigenvalue weighted by Gasteiger charge is -2.08. The van der Waals surface area contributed by atoms with Crippen molar-refractivity contribution in [3.8, 4) is 11.3 Å². The summed E-state index contributed by atoms with van der Waals surface area (Å²) in [5.41, 5.74) is 3.32. The van der Waals surface area contributed by atoms with E-state index in [4.69, 9.17) is 0 Å². The van der Waals surface area contributed by atoms with E-state index in [1.807, 2.05) is 49.8 Å². The molecule has 0 fully saturated rings. The zero-order valence-electron chi connectivity index (χ0n) is 12.3. The van der Waals surface area contributed by atoms with Gasteiger partial charge in [0, 0.05) is 36.4 Å². The fourth-order valence-corrected chi connectivity index (χ4v) is 2.58. The fraction of sp³-hybridized carbons (Fsp3) is 0.176. The SMILES string of the molecule is Cn1c(-c2ccc(Br)cc2)cnc1NCCc1ccccn1. The molecule has 0 saturated carbocycles. The molecule has 2 aromatic heterocycles. The lowest BCUT2D eigenvalue weighted by atomic mass is 10.2. The molecule has 0 aliphatic carbocycles. The Balaban J connectivity index is 1.67. The second kappa shape index (κ2) is 6.75. The number of imidazole rings is 1. The second-order valence-electron chi connectivity index (χ2n) is 5.03. The molecule has 5 heteroatoms. The van der Waals surface area contributed by atoms with E-state index in [2.05, 4.69) is 47.9 Å². The highest BCUT2D eigenvalue weighted by Crippen LogP contribution is 2.23. The van der Waals surface area contributed by atoms with E-state index in [0.29, 0.717) is 0 Å². The first-order chi connectivity index (χ1) is 10.7. The Hall–Kier alpha value is -2.14. The summed E-state index contributed by atoms with van der Waals surface area (Å²) in [5, 5.41) is 3.37. The van der Waals surface area contributed by atoms with Gasteiger partial charge in [-0.2, -0.15) is 0 Å². The average molecular weight is 357 g/mol. The molecule has 4 nitrogen and oxygen atoms in total. The van der Waals surface area contributed by atoms with E-state index in [-0.39, 0.29) is 0 Å².